The molecule has 1 aliphatic rings. The van der Waals surface area contributed by atoms with E-state index in [0.717, 1.165) is 55.1 Å². The lowest BCUT2D eigenvalue weighted by molar-refractivity contribution is 0.477. The van der Waals surface area contributed by atoms with E-state index in [1.54, 1.807) is 12.1 Å². The summed E-state index contributed by atoms with van der Waals surface area (Å²) in [4.78, 5) is 3.11. The molecule has 1 aliphatic heterocycles. The topological polar surface area (TPSA) is 27.8 Å². The van der Waals surface area contributed by atoms with Crippen LogP contribution in [0.5, 0.6) is 0 Å². The standard InChI is InChI=1S/C23H25FN2/c24-20-14-19(22-11-13-26-23(22)16-20)8-4-5-9-21-15-18(10-12-25-21)17-6-2-1-3-7-17/h1-3,6-7,10-11,13-14,16,21,25-26H,4-5,8-9,12,15H2. The van der Waals surface area contributed by atoms with Crippen LogP contribution in [-0.4, -0.2) is 17.6 Å². The van der Waals surface area contributed by atoms with Crippen molar-refractivity contribution in [3.8, 4) is 0 Å². The minimum atomic E-state index is -0.151. The van der Waals surface area contributed by atoms with Crippen molar-refractivity contribution in [1.82, 2.24) is 10.3 Å². The number of aromatic amines is 1. The van der Waals surface area contributed by atoms with E-state index in [9.17, 15) is 4.39 Å². The van der Waals surface area contributed by atoms with Crippen molar-refractivity contribution in [2.75, 3.05) is 6.54 Å². The zero-order chi connectivity index (χ0) is 17.8. The molecule has 0 spiro atoms. The maximum absolute atomic E-state index is 13.7. The van der Waals surface area contributed by atoms with E-state index in [2.05, 4.69) is 46.7 Å². The van der Waals surface area contributed by atoms with Crippen molar-refractivity contribution < 1.29 is 4.39 Å². The Bertz CT molecular complexity index is 895. The lowest BCUT2D eigenvalue weighted by atomic mass is 9.92. The molecule has 0 bridgehead atoms. The number of nitrogens with one attached hydrogen (secondary N) is 2. The molecule has 4 rings (SSSR count). The molecule has 2 nitrogen and oxygen atoms in total. The second-order valence-corrected chi connectivity index (χ2v) is 7.15. The van der Waals surface area contributed by atoms with Gasteiger partial charge in [-0.3, -0.25) is 0 Å². The number of hydrogen-bond acceptors (Lipinski definition) is 1. The zero-order valence-electron chi connectivity index (χ0n) is 15.0. The first-order valence-electron chi connectivity index (χ1n) is 9.53. The molecule has 0 radical (unpaired) electrons. The Morgan fingerprint density at radius 3 is 2.81 bits per heavy atom. The molecule has 0 saturated carbocycles. The molecule has 26 heavy (non-hydrogen) atoms. The van der Waals surface area contributed by atoms with E-state index < -0.39 is 0 Å². The first-order chi connectivity index (χ1) is 12.8. The number of fused-ring (bicyclic) bond motifs is 1. The van der Waals surface area contributed by atoms with Gasteiger partial charge in [0, 0.05) is 29.7 Å². The fourth-order valence-electron chi connectivity index (χ4n) is 3.98. The predicted octanol–water partition coefficient (Wildman–Crippen LogP) is 5.47. The van der Waals surface area contributed by atoms with Gasteiger partial charge in [-0.1, -0.05) is 42.8 Å². The average Bonchev–Trinajstić information content (AvgIpc) is 3.14. The maximum Gasteiger partial charge on any atom is 0.125 e. The Balaban J connectivity index is 1.30. The van der Waals surface area contributed by atoms with Gasteiger partial charge in [0.15, 0.2) is 0 Å². The number of benzene rings is 2. The van der Waals surface area contributed by atoms with Crippen molar-refractivity contribution in [2.45, 2.75) is 38.1 Å². The third-order valence-corrected chi connectivity index (χ3v) is 5.33. The maximum atomic E-state index is 13.7. The molecule has 2 heterocycles. The SMILES string of the molecule is Fc1cc(CCCCC2CC(c3ccccc3)=CCN2)c2cc[nH]c2c1. The Morgan fingerprint density at radius 1 is 1.04 bits per heavy atom. The van der Waals surface area contributed by atoms with Crippen LogP contribution < -0.4 is 5.32 Å². The fraction of sp³-hybridized carbons (Fsp3) is 0.304. The van der Waals surface area contributed by atoms with Crippen LogP contribution in [0.3, 0.4) is 0 Å². The second kappa shape index (κ2) is 7.88. The summed E-state index contributed by atoms with van der Waals surface area (Å²) in [5.41, 5.74) is 4.80. The van der Waals surface area contributed by atoms with Crippen LogP contribution in [0.25, 0.3) is 16.5 Å². The number of aryl methyl sites for hydroxylation is 1. The van der Waals surface area contributed by atoms with E-state index in [1.165, 1.54) is 11.1 Å². The minimum Gasteiger partial charge on any atom is -0.361 e. The van der Waals surface area contributed by atoms with Crippen LogP contribution >= 0.6 is 0 Å². The number of halogens is 1. The van der Waals surface area contributed by atoms with Gasteiger partial charge in [-0.15, -0.1) is 0 Å². The zero-order valence-corrected chi connectivity index (χ0v) is 15.0. The van der Waals surface area contributed by atoms with E-state index in [4.69, 9.17) is 0 Å². The van der Waals surface area contributed by atoms with Gasteiger partial charge in [0.05, 0.1) is 0 Å². The Labute approximate surface area is 154 Å². The monoisotopic (exact) mass is 348 g/mol. The summed E-state index contributed by atoms with van der Waals surface area (Å²) < 4.78 is 13.7. The normalized spacial score (nSPS) is 17.4. The molecular weight excluding hydrogens is 323 g/mol. The van der Waals surface area contributed by atoms with Gasteiger partial charge in [-0.2, -0.15) is 0 Å². The Morgan fingerprint density at radius 2 is 1.92 bits per heavy atom. The first kappa shape index (κ1) is 17.0. The van der Waals surface area contributed by atoms with Crippen LogP contribution in [0.15, 0.2) is 60.8 Å². The highest BCUT2D eigenvalue weighted by molar-refractivity contribution is 5.83. The first-order valence-corrected chi connectivity index (χ1v) is 9.53. The van der Waals surface area contributed by atoms with Crippen molar-refractivity contribution in [3.05, 3.63) is 77.7 Å². The molecule has 1 atom stereocenters. The van der Waals surface area contributed by atoms with Gasteiger partial charge in [-0.25, -0.2) is 4.39 Å². The lowest BCUT2D eigenvalue weighted by Gasteiger charge is -2.24. The smallest absolute Gasteiger partial charge is 0.125 e. The molecule has 1 aromatic heterocycles. The Kier molecular flexibility index (Phi) is 5.16. The molecule has 3 aromatic rings. The molecule has 0 fully saturated rings. The lowest BCUT2D eigenvalue weighted by Crippen LogP contribution is -2.32. The summed E-state index contributed by atoms with van der Waals surface area (Å²) in [5.74, 6) is -0.151. The molecule has 0 aliphatic carbocycles. The van der Waals surface area contributed by atoms with Crippen LogP contribution in [-0.2, 0) is 6.42 Å². The molecule has 134 valence electrons. The van der Waals surface area contributed by atoms with Gasteiger partial charge in [0.25, 0.3) is 0 Å². The highest BCUT2D eigenvalue weighted by Gasteiger charge is 2.15. The Hall–Kier alpha value is -2.39. The molecular formula is C23H25FN2. The molecule has 0 saturated heterocycles. The number of hydrogen-bond donors (Lipinski definition) is 2. The van der Waals surface area contributed by atoms with Crippen molar-refractivity contribution >= 4 is 16.5 Å². The van der Waals surface area contributed by atoms with E-state index in [-0.39, 0.29) is 5.82 Å². The van der Waals surface area contributed by atoms with Crippen LogP contribution in [0.4, 0.5) is 4.39 Å². The summed E-state index contributed by atoms with van der Waals surface area (Å²) in [6, 6.07) is 16.5. The molecule has 2 N–H and O–H groups in total. The highest BCUT2D eigenvalue weighted by atomic mass is 19.1. The van der Waals surface area contributed by atoms with E-state index in [1.807, 2.05) is 12.3 Å². The summed E-state index contributed by atoms with van der Waals surface area (Å²) in [7, 11) is 0. The van der Waals surface area contributed by atoms with Crippen molar-refractivity contribution in [1.29, 1.82) is 0 Å². The largest absolute Gasteiger partial charge is 0.361 e. The highest BCUT2D eigenvalue weighted by Crippen LogP contribution is 2.25. The number of aromatic nitrogens is 1. The minimum absolute atomic E-state index is 0.151. The van der Waals surface area contributed by atoms with Crippen LogP contribution in [0.2, 0.25) is 0 Å². The predicted molar refractivity (Wildman–Crippen MR) is 107 cm³/mol. The van der Waals surface area contributed by atoms with Gasteiger partial charge in [0.2, 0.25) is 0 Å². The van der Waals surface area contributed by atoms with Gasteiger partial charge >= 0.3 is 0 Å². The van der Waals surface area contributed by atoms with Gasteiger partial charge in [0.1, 0.15) is 5.82 Å². The molecule has 0 amide bonds. The quantitative estimate of drug-likeness (QED) is 0.568. The number of unbranched alkanes of at least 4 members (excludes halogenated alkanes) is 1. The van der Waals surface area contributed by atoms with Crippen molar-refractivity contribution in [3.63, 3.8) is 0 Å². The third kappa shape index (κ3) is 3.88. The van der Waals surface area contributed by atoms with Crippen LogP contribution in [0, 0.1) is 5.82 Å². The summed E-state index contributed by atoms with van der Waals surface area (Å²) in [6.07, 6.45) is 9.62. The second-order valence-electron chi connectivity index (χ2n) is 7.15. The number of rotatable bonds is 6. The van der Waals surface area contributed by atoms with Crippen LogP contribution in [0.1, 0.15) is 36.8 Å². The summed E-state index contributed by atoms with van der Waals surface area (Å²) >= 11 is 0. The molecule has 2 aromatic carbocycles. The molecule has 3 heteroatoms. The van der Waals surface area contributed by atoms with Gasteiger partial charge in [-0.05, 0) is 60.6 Å². The van der Waals surface area contributed by atoms with Gasteiger partial charge < -0.3 is 10.3 Å². The summed E-state index contributed by atoms with van der Waals surface area (Å²) in [6.45, 7) is 0.947. The fourth-order valence-corrected chi connectivity index (χ4v) is 3.98. The average molecular weight is 348 g/mol. The molecule has 1 unspecified atom stereocenters. The van der Waals surface area contributed by atoms with E-state index in [0.29, 0.717) is 6.04 Å². The van der Waals surface area contributed by atoms with Crippen molar-refractivity contribution in [2.24, 2.45) is 0 Å². The number of H-pyrrole nitrogens is 1. The van der Waals surface area contributed by atoms with E-state index >= 15 is 0 Å². The summed E-state index contributed by atoms with van der Waals surface area (Å²) in [5, 5.41) is 4.76. The third-order valence-electron chi connectivity index (χ3n) is 5.33.